The van der Waals surface area contributed by atoms with Gasteiger partial charge >= 0.3 is 0 Å². The molecule has 2 atom stereocenters. The molecular weight excluding hydrogens is 271 g/mol. The second kappa shape index (κ2) is 5.37. The Bertz CT molecular complexity index is 669. The normalized spacial score (nSPS) is 20.6. The first kappa shape index (κ1) is 13.9. The second-order valence-corrected chi connectivity index (χ2v) is 5.26. The Kier molecular flexibility index (Phi) is 3.55. The number of rotatable bonds is 2. The summed E-state index contributed by atoms with van der Waals surface area (Å²) < 4.78 is 24.4. The molecule has 2 aromatic rings. The van der Waals surface area contributed by atoms with Gasteiger partial charge in [-0.1, -0.05) is 6.07 Å². The van der Waals surface area contributed by atoms with E-state index in [1.165, 1.54) is 12.1 Å². The van der Waals surface area contributed by atoms with Crippen molar-refractivity contribution in [3.8, 4) is 11.5 Å². The number of aliphatic hydroxyl groups is 1. The van der Waals surface area contributed by atoms with Gasteiger partial charge in [-0.2, -0.15) is 0 Å². The van der Waals surface area contributed by atoms with Crippen LogP contribution >= 0.6 is 0 Å². The highest BCUT2D eigenvalue weighted by molar-refractivity contribution is 5.44. The van der Waals surface area contributed by atoms with E-state index in [1.54, 1.807) is 25.3 Å². The van der Waals surface area contributed by atoms with Gasteiger partial charge in [0.1, 0.15) is 23.4 Å². The molecule has 3 nitrogen and oxygen atoms in total. The van der Waals surface area contributed by atoms with Crippen LogP contribution in [0.15, 0.2) is 36.4 Å². The van der Waals surface area contributed by atoms with Crippen molar-refractivity contribution in [3.63, 3.8) is 0 Å². The number of ether oxygens (including phenoxy) is 2. The van der Waals surface area contributed by atoms with E-state index in [4.69, 9.17) is 9.47 Å². The zero-order valence-corrected chi connectivity index (χ0v) is 12.0. The molecule has 0 spiro atoms. The first-order valence-corrected chi connectivity index (χ1v) is 6.87. The fraction of sp³-hybridized carbons (Fsp3) is 0.294. The standard InChI is InChI=1S/C17H17FO3/c1-10-7-11(18)3-5-13(10)17-9-15(19)14-6-4-12(20-2)8-16(14)21-17/h3-8,15,17,19H,9H2,1-2H3. The Labute approximate surface area is 122 Å². The molecule has 1 aliphatic heterocycles. The summed E-state index contributed by atoms with van der Waals surface area (Å²) >= 11 is 0. The molecule has 0 fully saturated rings. The van der Waals surface area contributed by atoms with Crippen LogP contribution in [0.4, 0.5) is 4.39 Å². The minimum Gasteiger partial charge on any atom is -0.497 e. The van der Waals surface area contributed by atoms with Crippen LogP contribution in [0.1, 0.15) is 35.3 Å². The quantitative estimate of drug-likeness (QED) is 0.915. The Hall–Kier alpha value is -2.07. The molecule has 1 N–H and O–H groups in total. The zero-order valence-electron chi connectivity index (χ0n) is 12.0. The SMILES string of the molecule is COc1ccc2c(c1)OC(c1ccc(F)cc1C)CC2O. The highest BCUT2D eigenvalue weighted by Gasteiger charge is 2.29. The van der Waals surface area contributed by atoms with E-state index in [0.29, 0.717) is 17.9 Å². The van der Waals surface area contributed by atoms with Gasteiger partial charge in [0.25, 0.3) is 0 Å². The number of aryl methyl sites for hydroxylation is 1. The highest BCUT2D eigenvalue weighted by Crippen LogP contribution is 2.42. The number of aliphatic hydroxyl groups excluding tert-OH is 1. The number of methoxy groups -OCH3 is 1. The summed E-state index contributed by atoms with van der Waals surface area (Å²) in [6, 6.07) is 9.99. The molecule has 2 aromatic carbocycles. The second-order valence-electron chi connectivity index (χ2n) is 5.26. The van der Waals surface area contributed by atoms with E-state index < -0.39 is 6.10 Å². The summed E-state index contributed by atoms with van der Waals surface area (Å²) in [7, 11) is 1.59. The van der Waals surface area contributed by atoms with Crippen LogP contribution in [-0.2, 0) is 0 Å². The Morgan fingerprint density at radius 3 is 2.67 bits per heavy atom. The van der Waals surface area contributed by atoms with E-state index in [1.807, 2.05) is 13.0 Å². The molecule has 0 bridgehead atoms. The van der Waals surface area contributed by atoms with Crippen molar-refractivity contribution in [2.45, 2.75) is 25.6 Å². The fourth-order valence-electron chi connectivity index (χ4n) is 2.74. The molecule has 110 valence electrons. The molecule has 0 aliphatic carbocycles. The van der Waals surface area contributed by atoms with Crippen LogP contribution in [0.3, 0.4) is 0 Å². The summed E-state index contributed by atoms with van der Waals surface area (Å²) in [6.45, 7) is 1.84. The number of halogens is 1. The number of hydrogen-bond donors (Lipinski definition) is 1. The van der Waals surface area contributed by atoms with Gasteiger partial charge in [0.15, 0.2) is 0 Å². The monoisotopic (exact) mass is 288 g/mol. The van der Waals surface area contributed by atoms with E-state index in [-0.39, 0.29) is 11.9 Å². The van der Waals surface area contributed by atoms with Gasteiger partial charge in [-0.25, -0.2) is 4.39 Å². The topological polar surface area (TPSA) is 38.7 Å². The number of fused-ring (bicyclic) bond motifs is 1. The van der Waals surface area contributed by atoms with Crippen molar-refractivity contribution in [2.24, 2.45) is 0 Å². The third-order valence-corrected chi connectivity index (χ3v) is 3.87. The van der Waals surface area contributed by atoms with E-state index >= 15 is 0 Å². The molecule has 21 heavy (non-hydrogen) atoms. The summed E-state index contributed by atoms with van der Waals surface area (Å²) in [6.07, 6.45) is -0.444. The highest BCUT2D eigenvalue weighted by atomic mass is 19.1. The van der Waals surface area contributed by atoms with Gasteiger partial charge in [-0.05, 0) is 42.3 Å². The lowest BCUT2D eigenvalue weighted by atomic mass is 9.93. The lowest BCUT2D eigenvalue weighted by Gasteiger charge is -2.31. The Balaban J connectivity index is 1.96. The summed E-state index contributed by atoms with van der Waals surface area (Å²) in [5, 5.41) is 10.3. The first-order chi connectivity index (χ1) is 10.1. The van der Waals surface area contributed by atoms with Gasteiger partial charge in [-0.15, -0.1) is 0 Å². The van der Waals surface area contributed by atoms with E-state index in [0.717, 1.165) is 16.7 Å². The zero-order chi connectivity index (χ0) is 15.0. The summed E-state index contributed by atoms with van der Waals surface area (Å²) in [4.78, 5) is 0. The third kappa shape index (κ3) is 2.59. The van der Waals surface area contributed by atoms with Crippen molar-refractivity contribution >= 4 is 0 Å². The predicted octanol–water partition coefficient (Wildman–Crippen LogP) is 3.70. The fourth-order valence-corrected chi connectivity index (χ4v) is 2.74. The van der Waals surface area contributed by atoms with Crippen LogP contribution in [0.25, 0.3) is 0 Å². The Morgan fingerprint density at radius 2 is 1.95 bits per heavy atom. The van der Waals surface area contributed by atoms with Gasteiger partial charge in [0.2, 0.25) is 0 Å². The molecule has 1 aliphatic rings. The van der Waals surface area contributed by atoms with Gasteiger partial charge in [0, 0.05) is 18.1 Å². The Morgan fingerprint density at radius 1 is 1.19 bits per heavy atom. The molecule has 1 heterocycles. The van der Waals surface area contributed by atoms with Crippen molar-refractivity contribution in [2.75, 3.05) is 7.11 Å². The van der Waals surface area contributed by atoms with Crippen LogP contribution in [0.2, 0.25) is 0 Å². The predicted molar refractivity (Wildman–Crippen MR) is 77.1 cm³/mol. The molecule has 4 heteroatoms. The first-order valence-electron chi connectivity index (χ1n) is 6.87. The number of hydrogen-bond acceptors (Lipinski definition) is 3. The summed E-state index contributed by atoms with van der Waals surface area (Å²) in [5.41, 5.74) is 2.47. The smallest absolute Gasteiger partial charge is 0.129 e. The van der Waals surface area contributed by atoms with Crippen LogP contribution in [-0.4, -0.2) is 12.2 Å². The maximum Gasteiger partial charge on any atom is 0.129 e. The molecule has 0 saturated carbocycles. The molecule has 0 radical (unpaired) electrons. The largest absolute Gasteiger partial charge is 0.497 e. The average Bonchev–Trinajstić information content (AvgIpc) is 2.46. The van der Waals surface area contributed by atoms with Crippen molar-refractivity contribution < 1.29 is 19.0 Å². The third-order valence-electron chi connectivity index (χ3n) is 3.87. The van der Waals surface area contributed by atoms with E-state index in [2.05, 4.69) is 0 Å². The van der Waals surface area contributed by atoms with Crippen molar-refractivity contribution in [1.29, 1.82) is 0 Å². The number of benzene rings is 2. The van der Waals surface area contributed by atoms with Crippen LogP contribution in [0.5, 0.6) is 11.5 Å². The minimum absolute atomic E-state index is 0.269. The van der Waals surface area contributed by atoms with Gasteiger partial charge in [-0.3, -0.25) is 0 Å². The van der Waals surface area contributed by atoms with Crippen molar-refractivity contribution in [3.05, 3.63) is 58.9 Å². The molecule has 2 unspecified atom stereocenters. The lowest BCUT2D eigenvalue weighted by molar-refractivity contribution is 0.0652. The van der Waals surface area contributed by atoms with Gasteiger partial charge < -0.3 is 14.6 Å². The average molecular weight is 288 g/mol. The molecule has 3 rings (SSSR count). The van der Waals surface area contributed by atoms with Crippen LogP contribution in [0, 0.1) is 12.7 Å². The minimum atomic E-state index is -0.603. The molecule has 0 saturated heterocycles. The maximum atomic E-state index is 13.2. The molecule has 0 aromatic heterocycles. The van der Waals surface area contributed by atoms with Crippen molar-refractivity contribution in [1.82, 2.24) is 0 Å². The maximum absolute atomic E-state index is 13.2. The van der Waals surface area contributed by atoms with E-state index in [9.17, 15) is 9.50 Å². The molecular formula is C17H17FO3. The lowest BCUT2D eigenvalue weighted by Crippen LogP contribution is -2.19. The van der Waals surface area contributed by atoms with Crippen LogP contribution < -0.4 is 9.47 Å². The molecule has 0 amide bonds. The van der Waals surface area contributed by atoms with Gasteiger partial charge in [0.05, 0.1) is 13.2 Å². The summed E-state index contributed by atoms with van der Waals surface area (Å²) in [5.74, 6) is 1.02.